The first kappa shape index (κ1) is 17.8. The standard InChI is InChI=1S/C17H18F2N4O4/c1-8-5-20-23(6-8)14-15(24)13(12-7-26-16(14)27-12)22-17(25)21-11-3-2-9(18)4-10(11)19/h2-6,12-16,24H,7H2,1H3,(H2,21,22,25). The van der Waals surface area contributed by atoms with Gasteiger partial charge in [-0.15, -0.1) is 0 Å². The minimum atomic E-state index is -1.04. The molecule has 0 spiro atoms. The van der Waals surface area contributed by atoms with Gasteiger partial charge in [-0.1, -0.05) is 0 Å². The Hall–Kier alpha value is -2.56. The van der Waals surface area contributed by atoms with E-state index in [9.17, 15) is 18.7 Å². The fraction of sp³-hybridized carbons (Fsp3) is 0.412. The Labute approximate surface area is 153 Å². The Morgan fingerprint density at radius 3 is 2.93 bits per heavy atom. The fourth-order valence-corrected chi connectivity index (χ4v) is 3.36. The van der Waals surface area contributed by atoms with E-state index in [1.807, 2.05) is 6.92 Å². The summed E-state index contributed by atoms with van der Waals surface area (Å²) in [6, 6.07) is 0.603. The molecule has 2 aliphatic heterocycles. The minimum absolute atomic E-state index is 0.181. The van der Waals surface area contributed by atoms with E-state index < -0.39 is 48.2 Å². The molecule has 2 amide bonds. The second-order valence-corrected chi connectivity index (χ2v) is 6.60. The molecular formula is C17H18F2N4O4. The number of rotatable bonds is 3. The number of hydrogen-bond donors (Lipinski definition) is 3. The zero-order valence-corrected chi connectivity index (χ0v) is 14.3. The third kappa shape index (κ3) is 3.38. The summed E-state index contributed by atoms with van der Waals surface area (Å²) >= 11 is 0. The topological polar surface area (TPSA) is 97.6 Å². The first-order valence-electron chi connectivity index (χ1n) is 8.41. The van der Waals surface area contributed by atoms with Gasteiger partial charge in [-0.25, -0.2) is 13.6 Å². The Kier molecular flexibility index (Phi) is 4.54. The van der Waals surface area contributed by atoms with E-state index in [1.165, 1.54) is 0 Å². The lowest BCUT2D eigenvalue weighted by atomic mass is 9.96. The quantitative estimate of drug-likeness (QED) is 0.746. The van der Waals surface area contributed by atoms with E-state index in [-0.39, 0.29) is 12.3 Å². The number of nitrogens with zero attached hydrogens (tertiary/aromatic N) is 2. The van der Waals surface area contributed by atoms with Crippen LogP contribution in [0.4, 0.5) is 19.3 Å². The summed E-state index contributed by atoms with van der Waals surface area (Å²) in [4.78, 5) is 12.3. The van der Waals surface area contributed by atoms with Crippen molar-refractivity contribution in [1.82, 2.24) is 15.1 Å². The molecule has 2 bridgehead atoms. The molecule has 0 aliphatic carbocycles. The summed E-state index contributed by atoms with van der Waals surface area (Å²) in [5.74, 6) is -1.65. The largest absolute Gasteiger partial charge is 0.388 e. The van der Waals surface area contributed by atoms with Crippen molar-refractivity contribution in [3.8, 4) is 0 Å². The van der Waals surface area contributed by atoms with E-state index in [0.29, 0.717) is 6.07 Å². The van der Waals surface area contributed by atoms with Gasteiger partial charge in [0.2, 0.25) is 0 Å². The molecule has 2 fully saturated rings. The summed E-state index contributed by atoms with van der Waals surface area (Å²) < 4.78 is 39.5. The predicted octanol–water partition coefficient (Wildman–Crippen LogP) is 1.32. The maximum absolute atomic E-state index is 13.7. The zero-order valence-electron chi connectivity index (χ0n) is 14.3. The van der Waals surface area contributed by atoms with Crippen LogP contribution in [0.5, 0.6) is 0 Å². The Morgan fingerprint density at radius 1 is 1.41 bits per heavy atom. The maximum atomic E-state index is 13.7. The van der Waals surface area contributed by atoms with Crippen LogP contribution in [0.2, 0.25) is 0 Å². The number of aliphatic hydroxyl groups excluding tert-OH is 1. The van der Waals surface area contributed by atoms with Crippen molar-refractivity contribution in [3.05, 3.63) is 47.8 Å². The number of anilines is 1. The molecule has 1 aromatic carbocycles. The molecular weight excluding hydrogens is 362 g/mol. The van der Waals surface area contributed by atoms with E-state index in [1.54, 1.807) is 17.1 Å². The smallest absolute Gasteiger partial charge is 0.319 e. The number of aliphatic hydroxyl groups is 1. The van der Waals surface area contributed by atoms with Crippen molar-refractivity contribution < 1.29 is 28.2 Å². The summed E-state index contributed by atoms with van der Waals surface area (Å²) in [5, 5.41) is 19.9. The van der Waals surface area contributed by atoms with Crippen LogP contribution in [-0.2, 0) is 9.47 Å². The van der Waals surface area contributed by atoms with Gasteiger partial charge in [-0.2, -0.15) is 5.10 Å². The average molecular weight is 380 g/mol. The van der Waals surface area contributed by atoms with Gasteiger partial charge in [-0.3, -0.25) is 4.68 Å². The molecule has 3 heterocycles. The van der Waals surface area contributed by atoms with Crippen LogP contribution < -0.4 is 10.6 Å². The van der Waals surface area contributed by atoms with Crippen LogP contribution in [0.1, 0.15) is 11.6 Å². The van der Waals surface area contributed by atoms with Gasteiger partial charge < -0.3 is 25.2 Å². The van der Waals surface area contributed by atoms with Gasteiger partial charge in [0.25, 0.3) is 0 Å². The number of amides is 2. The summed E-state index contributed by atoms with van der Waals surface area (Å²) in [6.45, 7) is 2.05. The third-order valence-corrected chi connectivity index (χ3v) is 4.64. The first-order chi connectivity index (χ1) is 12.9. The van der Waals surface area contributed by atoms with Gasteiger partial charge >= 0.3 is 6.03 Å². The number of aryl methyl sites for hydroxylation is 1. The summed E-state index contributed by atoms with van der Waals surface area (Å²) in [5.41, 5.74) is 0.719. The highest BCUT2D eigenvalue weighted by Crippen LogP contribution is 2.35. The molecule has 2 aromatic rings. The van der Waals surface area contributed by atoms with E-state index >= 15 is 0 Å². The van der Waals surface area contributed by atoms with Crippen molar-refractivity contribution in [1.29, 1.82) is 0 Å². The van der Waals surface area contributed by atoms with Crippen molar-refractivity contribution in [2.45, 2.75) is 37.5 Å². The molecule has 10 heteroatoms. The predicted molar refractivity (Wildman–Crippen MR) is 88.9 cm³/mol. The van der Waals surface area contributed by atoms with E-state index in [2.05, 4.69) is 15.7 Å². The number of halogens is 2. The molecule has 5 unspecified atom stereocenters. The normalized spacial score (nSPS) is 29.6. The number of urea groups is 1. The molecule has 2 saturated heterocycles. The van der Waals surface area contributed by atoms with Crippen molar-refractivity contribution >= 4 is 11.7 Å². The monoisotopic (exact) mass is 380 g/mol. The molecule has 5 atom stereocenters. The number of hydrogen-bond acceptors (Lipinski definition) is 5. The number of carbonyl (C=O) groups excluding carboxylic acids is 1. The molecule has 3 N–H and O–H groups in total. The van der Waals surface area contributed by atoms with Crippen LogP contribution in [0.3, 0.4) is 0 Å². The Balaban J connectivity index is 1.49. The van der Waals surface area contributed by atoms with Gasteiger partial charge in [0, 0.05) is 12.3 Å². The maximum Gasteiger partial charge on any atom is 0.319 e. The second kappa shape index (κ2) is 6.87. The molecule has 1 aromatic heterocycles. The van der Waals surface area contributed by atoms with E-state index in [4.69, 9.17) is 9.47 Å². The molecule has 0 radical (unpaired) electrons. The highest BCUT2D eigenvalue weighted by Gasteiger charge is 2.51. The van der Waals surface area contributed by atoms with Crippen LogP contribution >= 0.6 is 0 Å². The number of fused-ring (bicyclic) bond motifs is 2. The molecule has 8 nitrogen and oxygen atoms in total. The fourth-order valence-electron chi connectivity index (χ4n) is 3.36. The number of aromatic nitrogens is 2. The lowest BCUT2D eigenvalue weighted by molar-refractivity contribution is -0.166. The minimum Gasteiger partial charge on any atom is -0.388 e. The SMILES string of the molecule is Cc1cnn(C2C3OCC(O3)C(NC(=O)Nc3ccc(F)cc3F)C2O)c1. The van der Waals surface area contributed by atoms with Crippen LogP contribution in [-0.4, -0.2) is 52.1 Å². The van der Waals surface area contributed by atoms with Gasteiger partial charge in [0.05, 0.1) is 24.5 Å². The number of nitrogens with one attached hydrogen (secondary N) is 2. The van der Waals surface area contributed by atoms with Crippen molar-refractivity contribution in [2.75, 3.05) is 11.9 Å². The van der Waals surface area contributed by atoms with E-state index in [0.717, 1.165) is 17.7 Å². The molecule has 4 rings (SSSR count). The van der Waals surface area contributed by atoms with Crippen molar-refractivity contribution in [3.63, 3.8) is 0 Å². The highest BCUT2D eigenvalue weighted by atomic mass is 19.1. The Bertz CT molecular complexity index is 861. The highest BCUT2D eigenvalue weighted by molar-refractivity contribution is 5.89. The number of benzene rings is 1. The molecule has 0 saturated carbocycles. The molecule has 27 heavy (non-hydrogen) atoms. The molecule has 2 aliphatic rings. The summed E-state index contributed by atoms with van der Waals surface area (Å²) in [6.07, 6.45) is 1.10. The third-order valence-electron chi connectivity index (χ3n) is 4.64. The second-order valence-electron chi connectivity index (χ2n) is 6.60. The van der Waals surface area contributed by atoms with Crippen LogP contribution in [0.25, 0.3) is 0 Å². The zero-order chi connectivity index (χ0) is 19.1. The van der Waals surface area contributed by atoms with Crippen LogP contribution in [0.15, 0.2) is 30.6 Å². The van der Waals surface area contributed by atoms with Crippen LogP contribution in [0, 0.1) is 18.6 Å². The average Bonchev–Trinajstić information content (AvgIpc) is 3.23. The Morgan fingerprint density at radius 2 is 2.22 bits per heavy atom. The van der Waals surface area contributed by atoms with Gasteiger partial charge in [-0.05, 0) is 24.6 Å². The first-order valence-corrected chi connectivity index (χ1v) is 8.41. The van der Waals surface area contributed by atoms with Gasteiger partial charge in [0.15, 0.2) is 6.29 Å². The van der Waals surface area contributed by atoms with Crippen molar-refractivity contribution in [2.24, 2.45) is 0 Å². The lowest BCUT2D eigenvalue weighted by Crippen LogP contribution is -2.59. The van der Waals surface area contributed by atoms with Gasteiger partial charge in [0.1, 0.15) is 29.9 Å². The number of ether oxygens (including phenoxy) is 2. The lowest BCUT2D eigenvalue weighted by Gasteiger charge is -2.38. The summed E-state index contributed by atoms with van der Waals surface area (Å²) in [7, 11) is 0. The number of carbonyl (C=O) groups is 1. The molecule has 144 valence electrons.